The third-order valence-corrected chi connectivity index (χ3v) is 3.78. The molecule has 0 N–H and O–H groups in total. The maximum Gasteiger partial charge on any atom is 0.0641 e. The highest BCUT2D eigenvalue weighted by molar-refractivity contribution is 9.10. The van der Waals surface area contributed by atoms with Crippen LogP contribution in [0, 0.1) is 0 Å². The van der Waals surface area contributed by atoms with Gasteiger partial charge in [0.25, 0.3) is 0 Å². The van der Waals surface area contributed by atoms with Crippen molar-refractivity contribution in [2.75, 3.05) is 0 Å². The molecule has 3 aromatic rings. The lowest BCUT2D eigenvalue weighted by Crippen LogP contribution is -1.97. The Morgan fingerprint density at radius 3 is 2.57 bits per heavy atom. The van der Waals surface area contributed by atoms with E-state index in [1.165, 1.54) is 0 Å². The van der Waals surface area contributed by atoms with E-state index in [0.29, 0.717) is 0 Å². The van der Waals surface area contributed by atoms with Crippen LogP contribution in [0.3, 0.4) is 0 Å². The Balaban J connectivity index is 1.91. The Bertz CT molecular complexity index is 775. The van der Waals surface area contributed by atoms with Crippen LogP contribution >= 0.6 is 27.5 Å². The summed E-state index contributed by atoms with van der Waals surface area (Å²) in [7, 11) is 0. The lowest BCUT2D eigenvalue weighted by Gasteiger charge is -2.06. The molecule has 0 spiro atoms. The maximum atomic E-state index is 5.93. The molecule has 0 atom stereocenters. The molecule has 2 nitrogen and oxygen atoms in total. The lowest BCUT2D eigenvalue weighted by atomic mass is 10.3. The number of hydrogen-bond acceptors (Lipinski definition) is 1. The minimum absolute atomic E-state index is 0.732. The fraction of sp³-hybridized carbons (Fsp3) is 0. The average Bonchev–Trinajstić information content (AvgIpc) is 2.94. The highest BCUT2D eigenvalue weighted by atomic mass is 79.9. The molecule has 0 aliphatic rings. The summed E-state index contributed by atoms with van der Waals surface area (Å²) in [4.78, 5) is 4.51. The van der Waals surface area contributed by atoms with Gasteiger partial charge in [-0.1, -0.05) is 33.6 Å². The van der Waals surface area contributed by atoms with Crippen molar-refractivity contribution < 1.29 is 0 Å². The molecule has 21 heavy (non-hydrogen) atoms. The number of benzene rings is 2. The Morgan fingerprint density at radius 2 is 1.81 bits per heavy atom. The topological polar surface area (TPSA) is 17.3 Å². The van der Waals surface area contributed by atoms with E-state index in [1.807, 2.05) is 73.1 Å². The van der Waals surface area contributed by atoms with E-state index in [-0.39, 0.29) is 0 Å². The summed E-state index contributed by atoms with van der Waals surface area (Å²) in [6, 6.07) is 19.6. The quantitative estimate of drug-likeness (QED) is 0.538. The van der Waals surface area contributed by atoms with Gasteiger partial charge in [0.2, 0.25) is 0 Å². The van der Waals surface area contributed by atoms with Crippen molar-refractivity contribution in [3.05, 3.63) is 82.0 Å². The van der Waals surface area contributed by atoms with Crippen molar-refractivity contribution in [1.29, 1.82) is 0 Å². The van der Waals surface area contributed by atoms with Crippen molar-refractivity contribution in [3.8, 4) is 5.69 Å². The van der Waals surface area contributed by atoms with E-state index in [9.17, 15) is 0 Å². The molecule has 1 aromatic heterocycles. The largest absolute Gasteiger partial charge is 0.316 e. The van der Waals surface area contributed by atoms with Crippen LogP contribution in [0.2, 0.25) is 5.02 Å². The minimum atomic E-state index is 0.732. The van der Waals surface area contributed by atoms with Gasteiger partial charge in [0, 0.05) is 21.4 Å². The SMILES string of the molecule is Clc1ccc(-n2cccc2C=Nc2cccc(Br)c2)cc1. The van der Waals surface area contributed by atoms with Crippen LogP contribution in [-0.4, -0.2) is 10.8 Å². The first-order valence-corrected chi connectivity index (χ1v) is 7.62. The zero-order valence-corrected chi connectivity index (χ0v) is 13.4. The Labute approximate surface area is 136 Å². The Kier molecular flexibility index (Phi) is 4.23. The minimum Gasteiger partial charge on any atom is -0.316 e. The van der Waals surface area contributed by atoms with E-state index in [0.717, 1.165) is 26.6 Å². The molecule has 0 fully saturated rings. The van der Waals surface area contributed by atoms with E-state index in [4.69, 9.17) is 11.6 Å². The number of rotatable bonds is 3. The fourth-order valence-corrected chi connectivity index (χ4v) is 2.55. The lowest BCUT2D eigenvalue weighted by molar-refractivity contribution is 1.07. The normalized spacial score (nSPS) is 11.1. The highest BCUT2D eigenvalue weighted by Crippen LogP contribution is 2.19. The molecular formula is C17H12BrClN2. The molecule has 0 aliphatic heterocycles. The molecule has 104 valence electrons. The molecule has 0 radical (unpaired) electrons. The van der Waals surface area contributed by atoms with Gasteiger partial charge < -0.3 is 4.57 Å². The van der Waals surface area contributed by atoms with Gasteiger partial charge in [-0.05, 0) is 54.6 Å². The van der Waals surface area contributed by atoms with E-state index in [1.54, 1.807) is 0 Å². The standard InChI is InChI=1S/C17H12BrClN2/c18-13-3-1-4-15(11-13)20-12-17-5-2-10-21(17)16-8-6-14(19)7-9-16/h1-12H. The molecular weight excluding hydrogens is 348 g/mol. The molecule has 0 amide bonds. The summed E-state index contributed by atoms with van der Waals surface area (Å²) < 4.78 is 3.09. The van der Waals surface area contributed by atoms with Crippen LogP contribution in [0.15, 0.2) is 76.3 Å². The molecule has 0 bridgehead atoms. The van der Waals surface area contributed by atoms with Crippen molar-refractivity contribution in [1.82, 2.24) is 4.57 Å². The monoisotopic (exact) mass is 358 g/mol. The first kappa shape index (κ1) is 14.1. The molecule has 3 rings (SSSR count). The molecule has 2 aromatic carbocycles. The van der Waals surface area contributed by atoms with Crippen LogP contribution in [0.4, 0.5) is 5.69 Å². The van der Waals surface area contributed by atoms with Gasteiger partial charge in [-0.2, -0.15) is 0 Å². The molecule has 0 saturated heterocycles. The van der Waals surface area contributed by atoms with Gasteiger partial charge in [0.05, 0.1) is 17.6 Å². The summed E-state index contributed by atoms with van der Waals surface area (Å²) >= 11 is 9.38. The predicted molar refractivity (Wildman–Crippen MR) is 92.2 cm³/mol. The van der Waals surface area contributed by atoms with Crippen LogP contribution in [0.5, 0.6) is 0 Å². The second-order valence-corrected chi connectivity index (χ2v) is 5.87. The van der Waals surface area contributed by atoms with Gasteiger partial charge in [-0.3, -0.25) is 4.99 Å². The van der Waals surface area contributed by atoms with Gasteiger partial charge in [0.1, 0.15) is 0 Å². The molecule has 0 saturated carbocycles. The van der Waals surface area contributed by atoms with Gasteiger partial charge in [-0.15, -0.1) is 0 Å². The first-order chi connectivity index (χ1) is 10.2. The summed E-state index contributed by atoms with van der Waals surface area (Å²) in [6.07, 6.45) is 3.86. The summed E-state index contributed by atoms with van der Waals surface area (Å²) in [6.45, 7) is 0. The summed E-state index contributed by atoms with van der Waals surface area (Å²) in [5.74, 6) is 0. The molecule has 1 heterocycles. The molecule has 4 heteroatoms. The third-order valence-electron chi connectivity index (χ3n) is 3.04. The summed E-state index contributed by atoms with van der Waals surface area (Å²) in [5.41, 5.74) is 2.98. The Hall–Kier alpha value is -1.84. The number of nitrogens with zero attached hydrogens (tertiary/aromatic N) is 2. The van der Waals surface area contributed by atoms with E-state index in [2.05, 4.69) is 25.5 Å². The van der Waals surface area contributed by atoms with Gasteiger partial charge >= 0.3 is 0 Å². The zero-order valence-electron chi connectivity index (χ0n) is 11.1. The van der Waals surface area contributed by atoms with E-state index < -0.39 is 0 Å². The fourth-order valence-electron chi connectivity index (χ4n) is 2.03. The van der Waals surface area contributed by atoms with Crippen molar-refractivity contribution in [2.45, 2.75) is 0 Å². The van der Waals surface area contributed by atoms with Crippen LogP contribution in [0.25, 0.3) is 5.69 Å². The number of aliphatic imine (C=N–C) groups is 1. The van der Waals surface area contributed by atoms with E-state index >= 15 is 0 Å². The third kappa shape index (κ3) is 3.43. The average molecular weight is 360 g/mol. The van der Waals surface area contributed by atoms with Crippen molar-refractivity contribution >= 4 is 39.4 Å². The van der Waals surface area contributed by atoms with Crippen molar-refractivity contribution in [2.24, 2.45) is 4.99 Å². The van der Waals surface area contributed by atoms with Gasteiger partial charge in [-0.25, -0.2) is 0 Å². The summed E-state index contributed by atoms with van der Waals surface area (Å²) in [5, 5.41) is 0.732. The van der Waals surface area contributed by atoms with Crippen LogP contribution in [-0.2, 0) is 0 Å². The highest BCUT2D eigenvalue weighted by Gasteiger charge is 2.01. The predicted octanol–water partition coefficient (Wildman–Crippen LogP) is 5.64. The zero-order chi connectivity index (χ0) is 14.7. The smallest absolute Gasteiger partial charge is 0.0641 e. The Morgan fingerprint density at radius 1 is 1.00 bits per heavy atom. The maximum absolute atomic E-state index is 5.93. The van der Waals surface area contributed by atoms with Crippen LogP contribution in [0.1, 0.15) is 5.69 Å². The first-order valence-electron chi connectivity index (χ1n) is 6.45. The molecule has 0 unspecified atom stereocenters. The number of hydrogen-bond donors (Lipinski definition) is 0. The van der Waals surface area contributed by atoms with Gasteiger partial charge in [0.15, 0.2) is 0 Å². The second-order valence-electron chi connectivity index (χ2n) is 4.52. The molecule has 0 aliphatic carbocycles. The number of aromatic nitrogens is 1. The second kappa shape index (κ2) is 6.29. The van der Waals surface area contributed by atoms with Crippen molar-refractivity contribution in [3.63, 3.8) is 0 Å². The number of halogens is 2. The van der Waals surface area contributed by atoms with Crippen LogP contribution < -0.4 is 0 Å².